The Kier molecular flexibility index (Phi) is 7.64. The fraction of sp³-hybridized carbons (Fsp3) is 0.385. The molecule has 4 aromatic rings. The van der Waals surface area contributed by atoms with Crippen LogP contribution in [0.4, 0.5) is 0 Å². The van der Waals surface area contributed by atoms with Gasteiger partial charge in [0.2, 0.25) is 15.9 Å². The van der Waals surface area contributed by atoms with Crippen LogP contribution in [0.25, 0.3) is 11.0 Å². The van der Waals surface area contributed by atoms with Crippen LogP contribution in [-0.4, -0.2) is 56.4 Å². The van der Waals surface area contributed by atoms with Crippen molar-refractivity contribution < 1.29 is 23.1 Å². The molecule has 1 aliphatic rings. The highest BCUT2D eigenvalue weighted by molar-refractivity contribution is 7.89. The zero-order valence-electron chi connectivity index (χ0n) is 21.7. The minimum atomic E-state index is -3.91. The number of aryl methyl sites for hydroxylation is 2. The third-order valence-corrected chi connectivity index (χ3v) is 10.4. The first-order valence-corrected chi connectivity index (χ1v) is 15.2. The van der Waals surface area contributed by atoms with Gasteiger partial charge in [-0.3, -0.25) is 4.79 Å². The highest BCUT2D eigenvalue weighted by Crippen LogP contribution is 2.41. The van der Waals surface area contributed by atoms with E-state index in [9.17, 15) is 18.3 Å². The zero-order chi connectivity index (χ0) is 27.9. The molecular formula is C26H28ClN5O5S2. The van der Waals surface area contributed by atoms with Crippen molar-refractivity contribution in [3.8, 4) is 5.88 Å². The molecule has 0 saturated heterocycles. The van der Waals surface area contributed by atoms with Crippen LogP contribution in [0, 0.1) is 6.92 Å². The van der Waals surface area contributed by atoms with Gasteiger partial charge in [0, 0.05) is 30.1 Å². The molecule has 1 aliphatic heterocycles. The van der Waals surface area contributed by atoms with E-state index in [-0.39, 0.29) is 36.4 Å². The third kappa shape index (κ3) is 5.13. The lowest BCUT2D eigenvalue weighted by atomic mass is 9.89. The molecule has 5 rings (SSSR count). The molecule has 13 heteroatoms. The molecule has 3 aromatic heterocycles. The highest BCUT2D eigenvalue weighted by Gasteiger charge is 2.36. The minimum absolute atomic E-state index is 0.0142. The first kappa shape index (κ1) is 27.5. The number of fused-ring (bicyclic) bond motifs is 2. The Labute approximate surface area is 235 Å². The number of carbonyl (C=O) groups is 1. The second kappa shape index (κ2) is 10.8. The summed E-state index contributed by atoms with van der Waals surface area (Å²) in [4.78, 5) is 16.8. The van der Waals surface area contributed by atoms with Crippen molar-refractivity contribution >= 4 is 50.0 Å². The van der Waals surface area contributed by atoms with Crippen LogP contribution in [0.1, 0.15) is 54.2 Å². The van der Waals surface area contributed by atoms with E-state index in [4.69, 9.17) is 16.3 Å². The average Bonchev–Trinajstić information content (AvgIpc) is 3.47. The summed E-state index contributed by atoms with van der Waals surface area (Å²) in [7, 11) is -3.91. The quantitative estimate of drug-likeness (QED) is 0.309. The second-order valence-corrected chi connectivity index (χ2v) is 13.0. The van der Waals surface area contributed by atoms with E-state index in [2.05, 4.69) is 15.3 Å². The predicted octanol–water partition coefficient (Wildman–Crippen LogP) is 4.84. The fourth-order valence-corrected chi connectivity index (χ4v) is 7.83. The number of aromatic nitrogens is 4. The molecule has 0 spiro atoms. The first-order valence-electron chi connectivity index (χ1n) is 12.6. The van der Waals surface area contributed by atoms with E-state index >= 15 is 0 Å². The van der Waals surface area contributed by atoms with Gasteiger partial charge in [-0.2, -0.15) is 4.31 Å². The number of carboxylic acids is 1. The minimum Gasteiger partial charge on any atom is -0.481 e. The van der Waals surface area contributed by atoms with Crippen molar-refractivity contribution in [1.29, 1.82) is 0 Å². The van der Waals surface area contributed by atoms with Gasteiger partial charge >= 0.3 is 5.97 Å². The Morgan fingerprint density at radius 1 is 1.31 bits per heavy atom. The molecular weight excluding hydrogens is 562 g/mol. The number of hydrogen-bond acceptors (Lipinski definition) is 8. The smallest absolute Gasteiger partial charge is 0.304 e. The predicted molar refractivity (Wildman–Crippen MR) is 148 cm³/mol. The van der Waals surface area contributed by atoms with E-state index in [1.54, 1.807) is 10.7 Å². The Bertz CT molecular complexity index is 1650. The van der Waals surface area contributed by atoms with Crippen LogP contribution in [0.5, 0.6) is 5.88 Å². The number of carboxylic acid groups (broad SMARTS) is 1. The van der Waals surface area contributed by atoms with Crippen LogP contribution in [0.2, 0.25) is 4.34 Å². The van der Waals surface area contributed by atoms with Gasteiger partial charge in [0.05, 0.1) is 22.8 Å². The SMILES string of the molecule is CC[C@@H]1CN(Cc2cc(C(CC(=O)O)c3ccc4c(nnn4CC)c3C)sc2Cl)S(=O)(=O)c2cccnc2O1. The van der Waals surface area contributed by atoms with Crippen LogP contribution in [0.15, 0.2) is 41.4 Å². The van der Waals surface area contributed by atoms with E-state index in [0.717, 1.165) is 27.0 Å². The van der Waals surface area contributed by atoms with Crippen molar-refractivity contribution in [3.63, 3.8) is 0 Å². The molecule has 2 atom stereocenters. The Morgan fingerprint density at radius 3 is 2.82 bits per heavy atom. The van der Waals surface area contributed by atoms with Gasteiger partial charge in [-0.25, -0.2) is 18.1 Å². The lowest BCUT2D eigenvalue weighted by Gasteiger charge is -2.22. The summed E-state index contributed by atoms with van der Waals surface area (Å²) in [6, 6.07) is 8.70. The van der Waals surface area contributed by atoms with E-state index in [1.807, 2.05) is 39.0 Å². The van der Waals surface area contributed by atoms with Gasteiger partial charge in [-0.1, -0.05) is 29.8 Å². The number of halogens is 1. The molecule has 1 unspecified atom stereocenters. The average molecular weight is 590 g/mol. The van der Waals surface area contributed by atoms with E-state index in [0.29, 0.717) is 22.9 Å². The number of thiophene rings is 1. The van der Waals surface area contributed by atoms with Crippen molar-refractivity contribution in [3.05, 3.63) is 62.4 Å². The lowest BCUT2D eigenvalue weighted by Crippen LogP contribution is -2.36. The maximum absolute atomic E-state index is 13.6. The summed E-state index contributed by atoms with van der Waals surface area (Å²) in [6.07, 6.45) is 1.56. The molecule has 4 heterocycles. The van der Waals surface area contributed by atoms with Crippen LogP contribution < -0.4 is 4.74 Å². The molecule has 0 amide bonds. The van der Waals surface area contributed by atoms with Gasteiger partial charge in [0.25, 0.3) is 0 Å². The maximum atomic E-state index is 13.6. The summed E-state index contributed by atoms with van der Waals surface area (Å²) < 4.78 is 36.6. The Morgan fingerprint density at radius 2 is 2.10 bits per heavy atom. The normalized spacial score (nSPS) is 17.9. The molecule has 1 N–H and O–H groups in total. The van der Waals surface area contributed by atoms with Gasteiger partial charge < -0.3 is 9.84 Å². The number of aliphatic carboxylic acids is 1. The lowest BCUT2D eigenvalue weighted by molar-refractivity contribution is -0.137. The summed E-state index contributed by atoms with van der Waals surface area (Å²) in [5.41, 5.74) is 3.88. The highest BCUT2D eigenvalue weighted by atomic mass is 35.5. The number of ether oxygens (including phenoxy) is 1. The van der Waals surface area contributed by atoms with Crippen LogP contribution in [-0.2, 0) is 27.9 Å². The summed E-state index contributed by atoms with van der Waals surface area (Å²) in [5.74, 6) is -1.35. The van der Waals surface area contributed by atoms with Gasteiger partial charge in [-0.15, -0.1) is 16.4 Å². The summed E-state index contributed by atoms with van der Waals surface area (Å²) in [6.45, 7) is 6.65. The molecule has 0 saturated carbocycles. The molecule has 10 nitrogen and oxygen atoms in total. The van der Waals surface area contributed by atoms with Crippen LogP contribution >= 0.6 is 22.9 Å². The number of nitrogens with zero attached hydrogens (tertiary/aromatic N) is 5. The molecule has 206 valence electrons. The first-order chi connectivity index (χ1) is 18.6. The molecule has 0 bridgehead atoms. The molecule has 0 aliphatic carbocycles. The number of pyridine rings is 1. The van der Waals surface area contributed by atoms with E-state index in [1.165, 1.54) is 27.9 Å². The largest absolute Gasteiger partial charge is 0.481 e. The summed E-state index contributed by atoms with van der Waals surface area (Å²) >= 11 is 7.94. The Hall–Kier alpha value is -3.06. The molecule has 0 radical (unpaired) electrons. The standard InChI is InChI=1S/C26H28ClN5O5S2/c1-4-17-14-31(39(35,36)22-7-6-10-28-26(22)37-17)13-16-11-21(38-25(16)27)19(12-23(33)34)18-8-9-20-24(15(18)3)29-30-32(20)5-2/h6-11,17,19H,4-5,12-14H2,1-3H3,(H,33,34)/t17-,19?/m1/s1. The monoisotopic (exact) mass is 589 g/mol. The van der Waals surface area contributed by atoms with Crippen molar-refractivity contribution in [2.45, 2.75) is 63.6 Å². The fourth-order valence-electron chi connectivity index (χ4n) is 4.91. The number of rotatable bonds is 8. The third-order valence-electron chi connectivity index (χ3n) is 7.00. The maximum Gasteiger partial charge on any atom is 0.304 e. The molecule has 0 fully saturated rings. The summed E-state index contributed by atoms with van der Waals surface area (Å²) in [5, 5.41) is 18.3. The number of benzene rings is 1. The van der Waals surface area contributed by atoms with Crippen molar-refractivity contribution in [2.24, 2.45) is 0 Å². The Balaban J connectivity index is 1.53. The van der Waals surface area contributed by atoms with Gasteiger partial charge in [0.1, 0.15) is 16.5 Å². The topological polar surface area (TPSA) is 128 Å². The number of sulfonamides is 1. The zero-order valence-corrected chi connectivity index (χ0v) is 24.1. The molecule has 39 heavy (non-hydrogen) atoms. The van der Waals surface area contributed by atoms with E-state index < -0.39 is 21.9 Å². The second-order valence-electron chi connectivity index (χ2n) is 9.40. The van der Waals surface area contributed by atoms with Gasteiger partial charge in [0.15, 0.2) is 0 Å². The van der Waals surface area contributed by atoms with Gasteiger partial charge in [-0.05, 0) is 61.2 Å². The van der Waals surface area contributed by atoms with Crippen molar-refractivity contribution in [2.75, 3.05) is 6.54 Å². The van der Waals surface area contributed by atoms with Crippen molar-refractivity contribution in [1.82, 2.24) is 24.3 Å². The molecule has 1 aromatic carbocycles. The van der Waals surface area contributed by atoms with Crippen LogP contribution in [0.3, 0.4) is 0 Å². The number of hydrogen-bond donors (Lipinski definition) is 1.